The van der Waals surface area contributed by atoms with Crippen LogP contribution in [-0.2, 0) is 14.8 Å². The van der Waals surface area contributed by atoms with Crippen molar-refractivity contribution in [2.45, 2.75) is 57.3 Å². The van der Waals surface area contributed by atoms with Gasteiger partial charge < -0.3 is 9.80 Å². The molecule has 1 aromatic rings. The average molecular weight is 450 g/mol. The number of piperazine rings is 1. The lowest BCUT2D eigenvalue weighted by Gasteiger charge is -2.35. The van der Waals surface area contributed by atoms with Gasteiger partial charge in [0.25, 0.3) is 5.91 Å². The molecule has 2 saturated heterocycles. The van der Waals surface area contributed by atoms with E-state index in [9.17, 15) is 18.0 Å². The third-order valence-corrected chi connectivity index (χ3v) is 8.03. The maximum Gasteiger partial charge on any atom is 0.254 e. The van der Waals surface area contributed by atoms with Crippen LogP contribution in [0.25, 0.3) is 0 Å². The monoisotopic (exact) mass is 449 g/mol. The standard InChI is InChI=1S/C23H35N3O4S/c1-19(2)10-11-22(27)24-14-16-25(17-15-24)23(28)20-8-7-9-21(18-20)31(29,30)26-12-5-3-4-6-13-26/h7-9,18-19H,3-6,10-17H2,1-2H3. The Morgan fingerprint density at radius 1 is 0.903 bits per heavy atom. The number of nitrogens with zero attached hydrogens (tertiary/aromatic N) is 3. The second-order valence-electron chi connectivity index (χ2n) is 8.95. The van der Waals surface area contributed by atoms with Crippen molar-refractivity contribution in [2.24, 2.45) is 5.92 Å². The molecule has 1 aromatic carbocycles. The molecule has 0 bridgehead atoms. The van der Waals surface area contributed by atoms with Crippen LogP contribution >= 0.6 is 0 Å². The Bertz CT molecular complexity index is 869. The van der Waals surface area contributed by atoms with Crippen LogP contribution in [0.15, 0.2) is 29.2 Å². The molecular weight excluding hydrogens is 414 g/mol. The van der Waals surface area contributed by atoms with Gasteiger partial charge in [-0.25, -0.2) is 8.42 Å². The number of carbonyl (C=O) groups excluding carboxylic acids is 2. The lowest BCUT2D eigenvalue weighted by Crippen LogP contribution is -2.50. The molecular formula is C23H35N3O4S. The zero-order valence-electron chi connectivity index (χ0n) is 18.8. The van der Waals surface area contributed by atoms with E-state index in [0.717, 1.165) is 32.1 Å². The normalized spacial score (nSPS) is 18.8. The summed E-state index contributed by atoms with van der Waals surface area (Å²) in [6.45, 7) is 7.25. The van der Waals surface area contributed by atoms with Gasteiger partial charge in [-0.1, -0.05) is 32.8 Å². The second-order valence-corrected chi connectivity index (χ2v) is 10.9. The van der Waals surface area contributed by atoms with Crippen molar-refractivity contribution in [3.8, 4) is 0 Å². The Hall–Kier alpha value is -1.93. The van der Waals surface area contributed by atoms with E-state index >= 15 is 0 Å². The number of benzene rings is 1. The molecule has 172 valence electrons. The summed E-state index contributed by atoms with van der Waals surface area (Å²) in [6, 6.07) is 6.39. The molecule has 2 aliphatic heterocycles. The van der Waals surface area contributed by atoms with Gasteiger partial charge in [0.1, 0.15) is 0 Å². The van der Waals surface area contributed by atoms with Gasteiger partial charge in [-0.05, 0) is 43.4 Å². The number of carbonyl (C=O) groups is 2. The summed E-state index contributed by atoms with van der Waals surface area (Å²) in [5.74, 6) is 0.457. The molecule has 0 N–H and O–H groups in total. The Morgan fingerprint density at radius 3 is 2.13 bits per heavy atom. The molecule has 0 unspecified atom stereocenters. The van der Waals surface area contributed by atoms with E-state index in [2.05, 4.69) is 13.8 Å². The Labute approximate surface area is 186 Å². The number of hydrogen-bond acceptors (Lipinski definition) is 4. The minimum Gasteiger partial charge on any atom is -0.339 e. The zero-order valence-corrected chi connectivity index (χ0v) is 19.6. The van der Waals surface area contributed by atoms with E-state index in [1.165, 1.54) is 6.07 Å². The summed E-state index contributed by atoms with van der Waals surface area (Å²) in [7, 11) is -3.60. The summed E-state index contributed by atoms with van der Waals surface area (Å²) >= 11 is 0. The molecule has 3 rings (SSSR count). The fraction of sp³-hybridized carbons (Fsp3) is 0.652. The molecule has 0 aromatic heterocycles. The molecule has 0 radical (unpaired) electrons. The van der Waals surface area contributed by atoms with Crippen LogP contribution in [-0.4, -0.2) is 73.6 Å². The van der Waals surface area contributed by atoms with E-state index < -0.39 is 10.0 Å². The predicted octanol–water partition coefficient (Wildman–Crippen LogP) is 2.97. The number of hydrogen-bond donors (Lipinski definition) is 0. The first kappa shape index (κ1) is 23.7. The van der Waals surface area contributed by atoms with Crippen LogP contribution in [0.4, 0.5) is 0 Å². The third-order valence-electron chi connectivity index (χ3n) is 6.14. The average Bonchev–Trinajstić information content (AvgIpc) is 3.07. The fourth-order valence-electron chi connectivity index (χ4n) is 4.13. The second kappa shape index (κ2) is 10.6. The van der Waals surface area contributed by atoms with E-state index in [1.54, 1.807) is 27.4 Å². The Kier molecular flexibility index (Phi) is 8.11. The topological polar surface area (TPSA) is 78.0 Å². The fourth-order valence-corrected chi connectivity index (χ4v) is 5.70. The van der Waals surface area contributed by atoms with Crippen molar-refractivity contribution < 1.29 is 18.0 Å². The van der Waals surface area contributed by atoms with E-state index in [1.807, 2.05) is 4.90 Å². The molecule has 0 atom stereocenters. The molecule has 0 aliphatic carbocycles. The Morgan fingerprint density at radius 2 is 1.52 bits per heavy atom. The summed E-state index contributed by atoms with van der Waals surface area (Å²) in [5.41, 5.74) is 0.385. The maximum absolute atomic E-state index is 13.1. The van der Waals surface area contributed by atoms with E-state index in [0.29, 0.717) is 57.2 Å². The van der Waals surface area contributed by atoms with E-state index in [-0.39, 0.29) is 16.7 Å². The molecule has 2 aliphatic rings. The lowest BCUT2D eigenvalue weighted by atomic mass is 10.1. The van der Waals surface area contributed by atoms with Crippen molar-refractivity contribution in [2.75, 3.05) is 39.3 Å². The van der Waals surface area contributed by atoms with Crippen molar-refractivity contribution in [3.63, 3.8) is 0 Å². The minimum atomic E-state index is -3.60. The quantitative estimate of drug-likeness (QED) is 0.669. The molecule has 2 fully saturated rings. The molecule has 31 heavy (non-hydrogen) atoms. The minimum absolute atomic E-state index is 0.145. The first-order valence-corrected chi connectivity index (χ1v) is 12.9. The summed E-state index contributed by atoms with van der Waals surface area (Å²) in [4.78, 5) is 29.1. The SMILES string of the molecule is CC(C)CCC(=O)N1CCN(C(=O)c2cccc(S(=O)(=O)N3CCCCCC3)c2)CC1. The molecule has 8 heteroatoms. The first-order chi connectivity index (χ1) is 14.8. The van der Waals surface area contributed by atoms with Crippen LogP contribution < -0.4 is 0 Å². The lowest BCUT2D eigenvalue weighted by molar-refractivity contribution is -0.132. The van der Waals surface area contributed by atoms with Gasteiger partial charge in [0.15, 0.2) is 0 Å². The molecule has 2 amide bonds. The number of amides is 2. The zero-order chi connectivity index (χ0) is 22.4. The van der Waals surface area contributed by atoms with Gasteiger partial charge in [0, 0.05) is 51.3 Å². The third kappa shape index (κ3) is 6.07. The van der Waals surface area contributed by atoms with Gasteiger partial charge in [0.05, 0.1) is 4.90 Å². The highest BCUT2D eigenvalue weighted by Crippen LogP contribution is 2.22. The van der Waals surface area contributed by atoms with Crippen molar-refractivity contribution >= 4 is 21.8 Å². The van der Waals surface area contributed by atoms with Crippen molar-refractivity contribution in [1.29, 1.82) is 0 Å². The van der Waals surface area contributed by atoms with Crippen molar-refractivity contribution in [1.82, 2.24) is 14.1 Å². The highest BCUT2D eigenvalue weighted by atomic mass is 32.2. The highest BCUT2D eigenvalue weighted by molar-refractivity contribution is 7.89. The maximum atomic E-state index is 13.1. The van der Waals surface area contributed by atoms with Crippen LogP contribution in [0.3, 0.4) is 0 Å². The summed E-state index contributed by atoms with van der Waals surface area (Å²) in [5, 5.41) is 0. The predicted molar refractivity (Wildman–Crippen MR) is 120 cm³/mol. The molecule has 7 nitrogen and oxygen atoms in total. The van der Waals surface area contributed by atoms with Crippen molar-refractivity contribution in [3.05, 3.63) is 29.8 Å². The van der Waals surface area contributed by atoms with Gasteiger partial charge in [-0.2, -0.15) is 4.31 Å². The largest absolute Gasteiger partial charge is 0.339 e. The number of sulfonamides is 1. The smallest absolute Gasteiger partial charge is 0.254 e. The van der Waals surface area contributed by atoms with Gasteiger partial charge in [-0.15, -0.1) is 0 Å². The van der Waals surface area contributed by atoms with Gasteiger partial charge in [-0.3, -0.25) is 9.59 Å². The van der Waals surface area contributed by atoms with Gasteiger partial charge >= 0.3 is 0 Å². The highest BCUT2D eigenvalue weighted by Gasteiger charge is 2.28. The van der Waals surface area contributed by atoms with E-state index in [4.69, 9.17) is 0 Å². The Balaban J connectivity index is 1.63. The first-order valence-electron chi connectivity index (χ1n) is 11.5. The van der Waals surface area contributed by atoms with Crippen LogP contribution in [0.2, 0.25) is 0 Å². The van der Waals surface area contributed by atoms with Gasteiger partial charge in [0.2, 0.25) is 15.9 Å². The summed E-state index contributed by atoms with van der Waals surface area (Å²) < 4.78 is 27.7. The molecule has 0 spiro atoms. The molecule has 2 heterocycles. The van der Waals surface area contributed by atoms with Crippen LogP contribution in [0, 0.1) is 5.92 Å². The molecule has 0 saturated carbocycles. The number of rotatable bonds is 6. The summed E-state index contributed by atoms with van der Waals surface area (Å²) in [6.07, 6.45) is 5.27. The van der Waals surface area contributed by atoms with Crippen LogP contribution in [0.1, 0.15) is 62.7 Å². The van der Waals surface area contributed by atoms with Crippen LogP contribution in [0.5, 0.6) is 0 Å².